The van der Waals surface area contributed by atoms with Gasteiger partial charge in [-0.2, -0.15) is 0 Å². The minimum atomic E-state index is -1.95. The van der Waals surface area contributed by atoms with E-state index in [4.69, 9.17) is 27.9 Å². The van der Waals surface area contributed by atoms with Gasteiger partial charge in [0.1, 0.15) is 11.5 Å². The van der Waals surface area contributed by atoms with Crippen LogP contribution in [0.3, 0.4) is 0 Å². The number of phenolic OH excluding ortho intramolecular Hbond substituents is 1. The van der Waals surface area contributed by atoms with E-state index in [9.17, 15) is 29.1 Å². The molecule has 0 unspecified atom stereocenters. The van der Waals surface area contributed by atoms with Gasteiger partial charge < -0.3 is 9.84 Å². The summed E-state index contributed by atoms with van der Waals surface area (Å²) in [7, 11) is 0. The Balaban J connectivity index is 1.18. The van der Waals surface area contributed by atoms with Crippen LogP contribution in [-0.2, 0) is 25.6 Å². The van der Waals surface area contributed by atoms with E-state index in [0.29, 0.717) is 39.3 Å². The predicted molar refractivity (Wildman–Crippen MR) is 183 cm³/mol. The molecule has 12 heteroatoms. The van der Waals surface area contributed by atoms with Crippen molar-refractivity contribution in [3.8, 4) is 11.5 Å². The van der Waals surface area contributed by atoms with Gasteiger partial charge in [0.15, 0.2) is 15.5 Å². The third-order valence-corrected chi connectivity index (χ3v) is 12.5. The fourth-order valence-electron chi connectivity index (χ4n) is 8.34. The molecule has 2 saturated heterocycles. The number of hydrogen-bond donors (Lipinski definition) is 1. The number of amides is 4. The lowest BCUT2D eigenvalue weighted by Gasteiger charge is -2.51. The summed E-state index contributed by atoms with van der Waals surface area (Å²) < 4.78 is 5.95. The van der Waals surface area contributed by atoms with Crippen LogP contribution in [0.4, 0.5) is 5.69 Å². The normalized spacial score (nSPS) is 30.2. The van der Waals surface area contributed by atoms with Crippen molar-refractivity contribution < 1.29 is 33.8 Å². The first-order valence-corrected chi connectivity index (χ1v) is 17.6. The molecule has 4 amide bonds. The summed E-state index contributed by atoms with van der Waals surface area (Å²) in [5.41, 5.74) is 2.97. The van der Waals surface area contributed by atoms with Crippen LogP contribution in [0.25, 0.3) is 0 Å². The molecule has 5 aliphatic rings. The van der Waals surface area contributed by atoms with E-state index in [1.54, 1.807) is 60.7 Å². The second kappa shape index (κ2) is 11.4. The molecule has 3 aromatic rings. The SMILES string of the molecule is O=C(c1ccccc1)c1ccc(N2C(=O)[C@H]3[C@H](CC=C4[C@H](C5=COc6ccc(O)cc6C5)[C@]5(Cl)C(=O)N(CBr)C(=O)[C@]5(Cl)C[C@H]43)C2=O)cc1. The quantitative estimate of drug-likeness (QED) is 0.113. The number of likely N-dealkylation sites (tertiary alicyclic amines) is 1. The second-order valence-electron chi connectivity index (χ2n) is 13.0. The number of allylic oxidation sites excluding steroid dienone is 3. The van der Waals surface area contributed by atoms with Crippen LogP contribution in [0.15, 0.2) is 96.3 Å². The van der Waals surface area contributed by atoms with Crippen LogP contribution >= 0.6 is 39.1 Å². The van der Waals surface area contributed by atoms with Gasteiger partial charge in [-0.25, -0.2) is 0 Å². The number of phenols is 1. The van der Waals surface area contributed by atoms with Crippen molar-refractivity contribution in [3.63, 3.8) is 0 Å². The van der Waals surface area contributed by atoms with Crippen LogP contribution in [0.5, 0.6) is 11.5 Å². The molecule has 2 aliphatic carbocycles. The molecule has 0 bridgehead atoms. The Morgan fingerprint density at radius 3 is 2.35 bits per heavy atom. The average Bonchev–Trinajstić information content (AvgIpc) is 3.45. The van der Waals surface area contributed by atoms with Gasteiger partial charge in [-0.05, 0) is 66.8 Å². The number of ether oxygens (including phenoxy) is 1. The van der Waals surface area contributed by atoms with Crippen molar-refractivity contribution in [3.05, 3.63) is 113 Å². The highest BCUT2D eigenvalue weighted by atomic mass is 79.9. The van der Waals surface area contributed by atoms with E-state index in [2.05, 4.69) is 15.9 Å². The van der Waals surface area contributed by atoms with Crippen molar-refractivity contribution in [2.45, 2.75) is 29.0 Å². The first-order chi connectivity index (χ1) is 23.5. The largest absolute Gasteiger partial charge is 0.508 e. The van der Waals surface area contributed by atoms with E-state index in [1.165, 1.54) is 12.3 Å². The first kappa shape index (κ1) is 32.0. The van der Waals surface area contributed by atoms with E-state index in [1.807, 2.05) is 12.1 Å². The molecule has 9 nitrogen and oxygen atoms in total. The Hall–Kier alpha value is -4.25. The Labute approximate surface area is 299 Å². The number of anilines is 1. The van der Waals surface area contributed by atoms with E-state index in [0.717, 1.165) is 9.80 Å². The highest BCUT2D eigenvalue weighted by Crippen LogP contribution is 2.65. The number of halogens is 3. The van der Waals surface area contributed by atoms with Crippen molar-refractivity contribution in [1.29, 1.82) is 0 Å². The number of alkyl halides is 3. The summed E-state index contributed by atoms with van der Waals surface area (Å²) in [6.45, 7) is 0. The molecule has 3 aliphatic heterocycles. The summed E-state index contributed by atoms with van der Waals surface area (Å²) in [6.07, 6.45) is 3.66. The van der Waals surface area contributed by atoms with Crippen molar-refractivity contribution >= 4 is 74.2 Å². The molecule has 0 radical (unpaired) electrons. The van der Waals surface area contributed by atoms with E-state index >= 15 is 0 Å². The van der Waals surface area contributed by atoms with Gasteiger partial charge in [-0.15, -0.1) is 23.2 Å². The number of imide groups is 2. The van der Waals surface area contributed by atoms with E-state index < -0.39 is 57.0 Å². The summed E-state index contributed by atoms with van der Waals surface area (Å²) in [5.74, 6) is -5.09. The summed E-state index contributed by atoms with van der Waals surface area (Å²) in [5, 5.41) is 10.2. The van der Waals surface area contributed by atoms with Gasteiger partial charge in [0.05, 0.1) is 29.2 Å². The lowest BCUT2D eigenvalue weighted by molar-refractivity contribution is -0.138. The van der Waals surface area contributed by atoms with Gasteiger partial charge in [0.2, 0.25) is 11.8 Å². The molecule has 8 rings (SSSR count). The lowest BCUT2D eigenvalue weighted by atomic mass is 9.56. The van der Waals surface area contributed by atoms with E-state index in [-0.39, 0.29) is 36.2 Å². The molecule has 3 fully saturated rings. The van der Waals surface area contributed by atoms with Crippen LogP contribution in [-0.4, -0.2) is 54.6 Å². The monoisotopic (exact) mass is 760 g/mol. The molecule has 0 aromatic heterocycles. The molecule has 3 aromatic carbocycles. The molecular formula is C37H27BrCl2N2O7. The maximum atomic E-state index is 14.4. The predicted octanol–water partition coefficient (Wildman–Crippen LogP) is 5.89. The standard InChI is InChI=1S/C37H27BrCl2N2O7/c38-18-41-34(47)36(39)16-27-25(30(37(36,40)35(41)48)22-14-21-15-24(43)10-13-28(21)49-17-22)11-12-26-29(27)33(46)42(32(26)45)23-8-6-20(7-9-23)31(44)19-4-2-1-3-5-19/h1-11,13,15,17,26-27,29-30,43H,12,14,16,18H2/t26-,27+,29-,30-,36+,37-/m0/s1. The van der Waals surface area contributed by atoms with Crippen LogP contribution in [0, 0.1) is 23.7 Å². The highest BCUT2D eigenvalue weighted by Gasteiger charge is 2.76. The number of carbonyl (C=O) groups is 5. The number of rotatable bonds is 5. The molecular weight excluding hydrogens is 735 g/mol. The lowest BCUT2D eigenvalue weighted by Crippen LogP contribution is -2.61. The van der Waals surface area contributed by atoms with Crippen LogP contribution in [0.1, 0.15) is 34.3 Å². The second-order valence-corrected chi connectivity index (χ2v) is 14.8. The minimum absolute atomic E-state index is 0.0299. The summed E-state index contributed by atoms with van der Waals surface area (Å²) >= 11 is 17.9. The zero-order chi connectivity index (χ0) is 34.4. The number of nitrogens with zero attached hydrogens (tertiary/aromatic N) is 2. The van der Waals surface area contributed by atoms with Crippen LogP contribution in [0.2, 0.25) is 0 Å². The van der Waals surface area contributed by atoms with Gasteiger partial charge in [0.25, 0.3) is 11.8 Å². The maximum Gasteiger partial charge on any atom is 0.254 e. The van der Waals surface area contributed by atoms with Gasteiger partial charge in [0, 0.05) is 29.0 Å². The fraction of sp³-hybridized carbons (Fsp3) is 0.270. The number of benzene rings is 3. The fourth-order valence-corrected chi connectivity index (χ4v) is 9.78. The third-order valence-electron chi connectivity index (χ3n) is 10.6. The Morgan fingerprint density at radius 2 is 1.63 bits per heavy atom. The van der Waals surface area contributed by atoms with Crippen LogP contribution < -0.4 is 9.64 Å². The third kappa shape index (κ3) is 4.46. The molecule has 3 heterocycles. The zero-order valence-electron chi connectivity index (χ0n) is 25.6. The Morgan fingerprint density at radius 1 is 0.918 bits per heavy atom. The smallest absolute Gasteiger partial charge is 0.254 e. The topological polar surface area (TPSA) is 121 Å². The van der Waals surface area contributed by atoms with Crippen molar-refractivity contribution in [2.75, 3.05) is 10.4 Å². The maximum absolute atomic E-state index is 14.4. The average molecular weight is 762 g/mol. The number of hydrogen-bond acceptors (Lipinski definition) is 7. The molecule has 6 atom stereocenters. The zero-order valence-corrected chi connectivity index (χ0v) is 28.7. The van der Waals surface area contributed by atoms with Crippen molar-refractivity contribution in [1.82, 2.24) is 4.90 Å². The van der Waals surface area contributed by atoms with Gasteiger partial charge in [-0.1, -0.05) is 57.9 Å². The Kier molecular flexibility index (Phi) is 7.44. The number of fused-ring (bicyclic) bond motifs is 5. The highest BCUT2D eigenvalue weighted by molar-refractivity contribution is 9.09. The van der Waals surface area contributed by atoms with Crippen molar-refractivity contribution in [2.24, 2.45) is 23.7 Å². The minimum Gasteiger partial charge on any atom is -0.508 e. The summed E-state index contributed by atoms with van der Waals surface area (Å²) in [4.78, 5) is 67.6. The Bertz CT molecular complexity index is 2050. The van der Waals surface area contributed by atoms with Gasteiger partial charge >= 0.3 is 0 Å². The molecule has 49 heavy (non-hydrogen) atoms. The number of ketones is 1. The summed E-state index contributed by atoms with van der Waals surface area (Å²) in [6, 6.07) is 19.8. The molecule has 1 saturated carbocycles. The first-order valence-electron chi connectivity index (χ1n) is 15.7. The number of carbonyl (C=O) groups excluding carboxylic acids is 5. The molecule has 1 N–H and O–H groups in total. The van der Waals surface area contributed by atoms with Gasteiger partial charge in [-0.3, -0.25) is 33.8 Å². The molecule has 248 valence electrons. The number of aromatic hydroxyl groups is 1. The molecule has 0 spiro atoms.